The smallest absolute Gasteiger partial charge is 0.196 e. The number of dihydropyridines is 1. The molecule has 122 valence electrons. The summed E-state index contributed by atoms with van der Waals surface area (Å²) in [4.78, 5) is 5.96. The summed E-state index contributed by atoms with van der Waals surface area (Å²) in [7, 11) is 0. The van der Waals surface area contributed by atoms with Crippen molar-refractivity contribution < 1.29 is 8.85 Å². The van der Waals surface area contributed by atoms with Crippen molar-refractivity contribution in [2.75, 3.05) is 5.75 Å². The Morgan fingerprint density at radius 1 is 1.39 bits per heavy atom. The molecule has 1 N–H and O–H groups in total. The average Bonchev–Trinajstić information content (AvgIpc) is 3.23. The van der Waals surface area contributed by atoms with E-state index in [-0.39, 0.29) is 17.9 Å². The Bertz CT molecular complexity index is 740. The van der Waals surface area contributed by atoms with Gasteiger partial charge in [0, 0.05) is 33.7 Å². The minimum Gasteiger partial charge on any atom is -0.472 e. The quantitative estimate of drug-likeness (QED) is 0.793. The summed E-state index contributed by atoms with van der Waals surface area (Å²) in [6.45, 7) is -2.16. The maximum atomic E-state index is 7.61. The molecule has 2 unspecified atom stereocenters. The van der Waals surface area contributed by atoms with E-state index in [2.05, 4.69) is 16.4 Å². The van der Waals surface area contributed by atoms with E-state index in [1.54, 1.807) is 6.08 Å². The Hall–Kier alpha value is -1.00. The van der Waals surface area contributed by atoms with Crippen molar-refractivity contribution in [2.45, 2.75) is 57.3 Å². The molecule has 0 spiro atoms. The van der Waals surface area contributed by atoms with E-state index >= 15 is 0 Å². The number of aliphatic imine (C=N–C) groups is 1. The molecule has 5 aliphatic rings. The molecular formula is C19H24N2OS. The van der Waals surface area contributed by atoms with Gasteiger partial charge in [-0.25, -0.2) is 4.99 Å². The molecule has 4 aliphatic heterocycles. The molecule has 4 heterocycles. The van der Waals surface area contributed by atoms with Crippen molar-refractivity contribution in [2.24, 2.45) is 16.8 Å². The van der Waals surface area contributed by atoms with Gasteiger partial charge in [-0.05, 0) is 61.3 Å². The van der Waals surface area contributed by atoms with Crippen LogP contribution in [0, 0.1) is 11.8 Å². The number of hydrogen-bond acceptors (Lipinski definition) is 4. The van der Waals surface area contributed by atoms with E-state index in [1.165, 1.54) is 29.1 Å². The summed E-state index contributed by atoms with van der Waals surface area (Å²) in [5.74, 6) is 2.85. The summed E-state index contributed by atoms with van der Waals surface area (Å²) in [6.07, 6.45) is 11.4. The van der Waals surface area contributed by atoms with E-state index < -0.39 is 6.85 Å². The predicted molar refractivity (Wildman–Crippen MR) is 95.5 cm³/mol. The van der Waals surface area contributed by atoms with Crippen molar-refractivity contribution in [1.82, 2.24) is 5.32 Å². The highest BCUT2D eigenvalue weighted by molar-refractivity contribution is 8.03. The van der Waals surface area contributed by atoms with Crippen LogP contribution in [0.4, 0.5) is 0 Å². The summed E-state index contributed by atoms with van der Waals surface area (Å²) in [6, 6.07) is 0.867. The number of allylic oxidation sites excluding steroid dienone is 2. The zero-order chi connectivity index (χ0) is 17.9. The number of nitrogens with zero attached hydrogens (tertiary/aromatic N) is 1. The van der Waals surface area contributed by atoms with Gasteiger partial charge in [0.05, 0.1) is 0 Å². The molecular weight excluding hydrogens is 304 g/mol. The van der Waals surface area contributed by atoms with Crippen LogP contribution >= 0.6 is 11.8 Å². The first kappa shape index (κ1) is 11.5. The third-order valence-electron chi connectivity index (χ3n) is 5.80. The molecule has 23 heavy (non-hydrogen) atoms. The third kappa shape index (κ3) is 2.33. The van der Waals surface area contributed by atoms with Gasteiger partial charge >= 0.3 is 0 Å². The Morgan fingerprint density at radius 2 is 2.39 bits per heavy atom. The fraction of sp³-hybridized carbons (Fsp3) is 0.632. The molecule has 0 amide bonds. The molecule has 2 fully saturated rings. The first-order chi connectivity index (χ1) is 12.5. The van der Waals surface area contributed by atoms with Gasteiger partial charge in [0.2, 0.25) is 0 Å². The minimum absolute atomic E-state index is 0.172. The first-order valence-electron chi connectivity index (χ1n) is 10.3. The minimum atomic E-state index is -2.16. The highest BCUT2D eigenvalue weighted by Gasteiger charge is 2.45. The molecule has 0 aromatic rings. The number of rotatable bonds is 1. The summed E-state index contributed by atoms with van der Waals surface area (Å²) < 4.78 is 29.1. The third-order valence-corrected chi connectivity index (χ3v) is 7.02. The first-order valence-corrected chi connectivity index (χ1v) is 9.74. The van der Waals surface area contributed by atoms with Crippen LogP contribution in [0.2, 0.25) is 0 Å². The Morgan fingerprint density at radius 3 is 3.35 bits per heavy atom. The molecule has 5 rings (SSSR count). The Balaban J connectivity index is 1.44. The standard InChI is InChI=1S/C19H24N2OS/c1-11-5-6-13-12-3-2-4-14(18(12)22-19(13)20-11)15-7-8-17-16(21-15)9-10-23-17/h5-6,8,12-13,15-16,19,21H,2-4,7,9-10H2,1H3/t12-,13?,15+,16?,19-/m0/s1/i1D3. The maximum Gasteiger partial charge on any atom is 0.196 e. The van der Waals surface area contributed by atoms with E-state index in [1.807, 2.05) is 17.8 Å². The van der Waals surface area contributed by atoms with Crippen LogP contribution in [0.25, 0.3) is 0 Å². The lowest BCUT2D eigenvalue weighted by atomic mass is 9.78. The summed E-state index contributed by atoms with van der Waals surface area (Å²) in [5.41, 5.74) is 1.58. The van der Waals surface area contributed by atoms with Crippen molar-refractivity contribution >= 4 is 17.5 Å². The van der Waals surface area contributed by atoms with Gasteiger partial charge in [0.15, 0.2) is 6.23 Å². The normalized spacial score (nSPS) is 44.2. The van der Waals surface area contributed by atoms with Crippen LogP contribution < -0.4 is 5.32 Å². The predicted octanol–water partition coefficient (Wildman–Crippen LogP) is 3.80. The monoisotopic (exact) mass is 331 g/mol. The van der Waals surface area contributed by atoms with Crippen molar-refractivity contribution in [3.8, 4) is 0 Å². The Labute approximate surface area is 146 Å². The zero-order valence-corrected chi connectivity index (χ0v) is 13.9. The van der Waals surface area contributed by atoms with E-state index in [0.29, 0.717) is 18.0 Å². The van der Waals surface area contributed by atoms with Gasteiger partial charge in [0.25, 0.3) is 0 Å². The second-order valence-corrected chi connectivity index (χ2v) is 8.27. The van der Waals surface area contributed by atoms with E-state index in [0.717, 1.165) is 25.0 Å². The number of hydrogen-bond donors (Lipinski definition) is 1. The molecule has 4 heteroatoms. The zero-order valence-electron chi connectivity index (χ0n) is 16.1. The van der Waals surface area contributed by atoms with Crippen LogP contribution in [0.3, 0.4) is 0 Å². The van der Waals surface area contributed by atoms with E-state index in [4.69, 9.17) is 8.85 Å². The highest BCUT2D eigenvalue weighted by Crippen LogP contribution is 2.48. The van der Waals surface area contributed by atoms with Gasteiger partial charge in [-0.2, -0.15) is 0 Å². The maximum absolute atomic E-state index is 7.61. The molecule has 0 saturated carbocycles. The van der Waals surface area contributed by atoms with Crippen molar-refractivity contribution in [1.29, 1.82) is 0 Å². The molecule has 3 nitrogen and oxygen atoms in total. The van der Waals surface area contributed by atoms with E-state index in [9.17, 15) is 0 Å². The summed E-state index contributed by atoms with van der Waals surface area (Å²) in [5, 5.41) is 3.84. The van der Waals surface area contributed by atoms with Crippen LogP contribution in [0.1, 0.15) is 43.1 Å². The van der Waals surface area contributed by atoms with Gasteiger partial charge < -0.3 is 10.1 Å². The molecule has 0 bridgehead atoms. The van der Waals surface area contributed by atoms with Gasteiger partial charge in [-0.1, -0.05) is 12.2 Å². The SMILES string of the molecule is [2H]C([2H])([2H])C1=N[C@H]2OC3=C([C@H]4CC=C5SCCC5N4)CCC[C@H]3C2C=C1. The fourth-order valence-corrected chi connectivity index (χ4v) is 5.89. The second-order valence-electron chi connectivity index (χ2n) is 7.10. The lowest BCUT2D eigenvalue weighted by Crippen LogP contribution is -2.42. The number of ether oxygens (including phenoxy) is 1. The topological polar surface area (TPSA) is 33.6 Å². The molecule has 0 aromatic heterocycles. The number of thioether (sulfide) groups is 1. The Kier molecular flexibility index (Phi) is 2.77. The van der Waals surface area contributed by atoms with Gasteiger partial charge in [-0.15, -0.1) is 11.8 Å². The van der Waals surface area contributed by atoms with Crippen LogP contribution in [0.15, 0.2) is 39.5 Å². The molecule has 1 aliphatic carbocycles. The largest absolute Gasteiger partial charge is 0.472 e. The number of fused-ring (bicyclic) bond motifs is 4. The van der Waals surface area contributed by atoms with Crippen LogP contribution in [-0.2, 0) is 4.74 Å². The fourth-order valence-electron chi connectivity index (χ4n) is 4.70. The summed E-state index contributed by atoms with van der Waals surface area (Å²) >= 11 is 1.98. The molecule has 0 aromatic carbocycles. The lowest BCUT2D eigenvalue weighted by Gasteiger charge is -2.33. The molecule has 5 atom stereocenters. The van der Waals surface area contributed by atoms with Gasteiger partial charge in [-0.3, -0.25) is 0 Å². The van der Waals surface area contributed by atoms with Crippen molar-refractivity contribution in [3.63, 3.8) is 0 Å². The van der Waals surface area contributed by atoms with Gasteiger partial charge in [0.1, 0.15) is 5.76 Å². The van der Waals surface area contributed by atoms with Crippen LogP contribution in [-0.4, -0.2) is 29.8 Å². The lowest BCUT2D eigenvalue weighted by molar-refractivity contribution is 0.146. The van der Waals surface area contributed by atoms with Crippen molar-refractivity contribution in [3.05, 3.63) is 34.5 Å². The highest BCUT2D eigenvalue weighted by atomic mass is 32.2. The average molecular weight is 331 g/mol. The number of nitrogens with one attached hydrogen (secondary N) is 1. The molecule has 2 saturated heterocycles. The van der Waals surface area contributed by atoms with Crippen LogP contribution in [0.5, 0.6) is 0 Å². The second kappa shape index (κ2) is 5.52. The molecule has 0 radical (unpaired) electrons.